The van der Waals surface area contributed by atoms with Crippen LogP contribution in [0.25, 0.3) is 0 Å². The second-order valence-corrected chi connectivity index (χ2v) is 3.52. The van der Waals surface area contributed by atoms with E-state index in [1.54, 1.807) is 12.3 Å². The van der Waals surface area contributed by atoms with E-state index >= 15 is 0 Å². The van der Waals surface area contributed by atoms with Gasteiger partial charge in [-0.3, -0.25) is 4.98 Å². The van der Waals surface area contributed by atoms with Gasteiger partial charge in [0.2, 0.25) is 0 Å². The molecule has 0 amide bonds. The Hall–Kier alpha value is -0.840. The van der Waals surface area contributed by atoms with Crippen LogP contribution in [0.2, 0.25) is 5.02 Å². The van der Waals surface area contributed by atoms with Crippen LogP contribution in [0, 0.1) is 0 Å². The van der Waals surface area contributed by atoms with E-state index in [0.29, 0.717) is 10.7 Å². The molecule has 1 atom stereocenters. The number of hydrogen-bond acceptors (Lipinski definition) is 4. The van der Waals surface area contributed by atoms with Crippen molar-refractivity contribution in [1.82, 2.24) is 4.98 Å². The Bertz CT molecular complexity index is 320. The summed E-state index contributed by atoms with van der Waals surface area (Å²) in [6.45, 7) is 1.89. The molecule has 0 aromatic carbocycles. The number of rotatable bonds is 5. The van der Waals surface area contributed by atoms with Crippen LogP contribution in [-0.4, -0.2) is 28.0 Å². The summed E-state index contributed by atoms with van der Waals surface area (Å²) in [7, 11) is 0. The smallest absolute Gasteiger partial charge is 0.126 e. The van der Waals surface area contributed by atoms with E-state index in [1.165, 1.54) is 0 Å². The first-order valence-electron chi connectivity index (χ1n) is 4.87. The van der Waals surface area contributed by atoms with Crippen molar-refractivity contribution in [1.29, 1.82) is 0 Å². The lowest BCUT2D eigenvalue weighted by Crippen LogP contribution is -2.20. The van der Waals surface area contributed by atoms with Gasteiger partial charge in [-0.05, 0) is 12.5 Å². The quantitative estimate of drug-likeness (QED) is 0.670. The first-order valence-corrected chi connectivity index (χ1v) is 5.25. The van der Waals surface area contributed by atoms with Gasteiger partial charge < -0.3 is 15.5 Å². The third kappa shape index (κ3) is 3.34. The molecule has 15 heavy (non-hydrogen) atoms. The number of halogens is 1. The molecule has 0 aliphatic heterocycles. The predicted molar refractivity (Wildman–Crippen MR) is 60.0 cm³/mol. The topological polar surface area (TPSA) is 65.4 Å². The zero-order valence-corrected chi connectivity index (χ0v) is 9.33. The predicted octanol–water partition coefficient (Wildman–Crippen LogP) is 1.41. The zero-order valence-electron chi connectivity index (χ0n) is 8.57. The highest BCUT2D eigenvalue weighted by molar-refractivity contribution is 6.33. The number of hydrogen-bond donors (Lipinski definition) is 3. The Morgan fingerprint density at radius 1 is 1.60 bits per heavy atom. The van der Waals surface area contributed by atoms with Crippen molar-refractivity contribution in [3.63, 3.8) is 0 Å². The molecule has 1 aromatic heterocycles. The summed E-state index contributed by atoms with van der Waals surface area (Å²) >= 11 is 6.05. The van der Waals surface area contributed by atoms with Crippen molar-refractivity contribution in [3.8, 4) is 0 Å². The molecule has 5 heteroatoms. The van der Waals surface area contributed by atoms with Crippen LogP contribution >= 0.6 is 11.6 Å². The summed E-state index contributed by atoms with van der Waals surface area (Å²) in [5.41, 5.74) is 1.43. The summed E-state index contributed by atoms with van der Waals surface area (Å²) in [5, 5.41) is 21.4. The molecular formula is C10H15ClN2O2. The second-order valence-electron chi connectivity index (χ2n) is 3.15. The van der Waals surface area contributed by atoms with Crippen LogP contribution in [0.3, 0.4) is 0 Å². The molecule has 0 saturated carbocycles. The van der Waals surface area contributed by atoms with Gasteiger partial charge in [-0.2, -0.15) is 0 Å². The fraction of sp³-hybridized carbons (Fsp3) is 0.500. The van der Waals surface area contributed by atoms with Crippen molar-refractivity contribution in [2.45, 2.75) is 26.0 Å². The lowest BCUT2D eigenvalue weighted by atomic mass is 10.2. The van der Waals surface area contributed by atoms with Crippen molar-refractivity contribution in [2.75, 3.05) is 11.9 Å². The molecule has 1 rings (SSSR count). The van der Waals surface area contributed by atoms with Gasteiger partial charge in [0.25, 0.3) is 0 Å². The molecule has 1 unspecified atom stereocenters. The van der Waals surface area contributed by atoms with Gasteiger partial charge in [0, 0.05) is 19.2 Å². The fourth-order valence-corrected chi connectivity index (χ4v) is 1.52. The number of aliphatic hydroxyl groups excluding tert-OH is 2. The molecule has 0 bridgehead atoms. The summed E-state index contributed by atoms with van der Waals surface area (Å²) in [6.07, 6.45) is 1.85. The minimum atomic E-state index is -0.792. The molecule has 0 aliphatic carbocycles. The van der Waals surface area contributed by atoms with Gasteiger partial charge in [0.15, 0.2) is 0 Å². The third-order valence-corrected chi connectivity index (χ3v) is 2.44. The van der Waals surface area contributed by atoms with Crippen molar-refractivity contribution >= 4 is 17.3 Å². The number of nitrogens with zero attached hydrogens (tertiary/aromatic N) is 1. The summed E-state index contributed by atoms with van der Waals surface area (Å²) < 4.78 is 0. The van der Waals surface area contributed by atoms with Crippen molar-refractivity contribution in [3.05, 3.63) is 23.0 Å². The minimum Gasteiger partial charge on any atom is -0.396 e. The second kappa shape index (κ2) is 5.90. The SMILES string of the molecule is CCc1nccc(NC(O)CCO)c1Cl. The third-order valence-electron chi connectivity index (χ3n) is 2.02. The molecule has 0 fully saturated rings. The average molecular weight is 231 g/mol. The van der Waals surface area contributed by atoms with Crippen LogP contribution in [0.5, 0.6) is 0 Å². The van der Waals surface area contributed by atoms with E-state index < -0.39 is 6.23 Å². The molecule has 0 aliphatic rings. The van der Waals surface area contributed by atoms with Gasteiger partial charge in [-0.1, -0.05) is 18.5 Å². The Morgan fingerprint density at radius 3 is 2.93 bits per heavy atom. The van der Waals surface area contributed by atoms with Crippen molar-refractivity contribution in [2.24, 2.45) is 0 Å². The standard InChI is InChI=1S/C10H15ClN2O2/c1-2-7-10(11)8(3-5-12-7)13-9(15)4-6-14/h3,5,9,14-15H,2,4,6H2,1H3,(H,12,13). The number of aromatic nitrogens is 1. The van der Waals surface area contributed by atoms with Crippen LogP contribution in [0.1, 0.15) is 19.0 Å². The number of aliphatic hydroxyl groups is 2. The number of aryl methyl sites for hydroxylation is 1. The maximum Gasteiger partial charge on any atom is 0.126 e. The largest absolute Gasteiger partial charge is 0.396 e. The number of pyridine rings is 1. The molecule has 0 spiro atoms. The van der Waals surface area contributed by atoms with E-state index in [4.69, 9.17) is 16.7 Å². The number of nitrogens with one attached hydrogen (secondary N) is 1. The fourth-order valence-electron chi connectivity index (χ4n) is 1.22. The molecule has 1 aromatic rings. The lowest BCUT2D eigenvalue weighted by molar-refractivity contribution is 0.155. The molecule has 1 heterocycles. The van der Waals surface area contributed by atoms with Gasteiger partial charge >= 0.3 is 0 Å². The van der Waals surface area contributed by atoms with E-state index in [1.807, 2.05) is 6.92 Å². The van der Waals surface area contributed by atoms with E-state index in [0.717, 1.165) is 12.1 Å². The summed E-state index contributed by atoms with van der Waals surface area (Å²) in [6, 6.07) is 1.70. The highest BCUT2D eigenvalue weighted by Crippen LogP contribution is 2.24. The van der Waals surface area contributed by atoms with Crippen LogP contribution in [0.4, 0.5) is 5.69 Å². The van der Waals surface area contributed by atoms with Gasteiger partial charge in [0.05, 0.1) is 16.4 Å². The highest BCUT2D eigenvalue weighted by Gasteiger charge is 2.09. The molecule has 84 valence electrons. The summed E-state index contributed by atoms with van der Waals surface area (Å²) in [5.74, 6) is 0. The maximum atomic E-state index is 9.44. The lowest BCUT2D eigenvalue weighted by Gasteiger charge is -2.15. The van der Waals surface area contributed by atoms with Crippen LogP contribution in [0.15, 0.2) is 12.3 Å². The van der Waals surface area contributed by atoms with Crippen LogP contribution < -0.4 is 5.32 Å². The number of anilines is 1. The van der Waals surface area contributed by atoms with Crippen molar-refractivity contribution < 1.29 is 10.2 Å². The first-order chi connectivity index (χ1) is 7.19. The van der Waals surface area contributed by atoms with E-state index in [2.05, 4.69) is 10.3 Å². The molecule has 3 N–H and O–H groups in total. The Balaban J connectivity index is 2.76. The molecule has 0 radical (unpaired) electrons. The molecule has 0 saturated heterocycles. The Kier molecular flexibility index (Phi) is 4.81. The minimum absolute atomic E-state index is 0.0719. The normalized spacial score (nSPS) is 12.5. The average Bonchev–Trinajstić information content (AvgIpc) is 2.21. The van der Waals surface area contributed by atoms with E-state index in [-0.39, 0.29) is 13.0 Å². The van der Waals surface area contributed by atoms with E-state index in [9.17, 15) is 5.11 Å². The zero-order chi connectivity index (χ0) is 11.3. The van der Waals surface area contributed by atoms with Gasteiger partial charge in [0.1, 0.15) is 6.23 Å². The maximum absolute atomic E-state index is 9.44. The Labute approximate surface area is 93.9 Å². The molecule has 4 nitrogen and oxygen atoms in total. The molecular weight excluding hydrogens is 216 g/mol. The van der Waals surface area contributed by atoms with Gasteiger partial charge in [-0.25, -0.2) is 0 Å². The van der Waals surface area contributed by atoms with Crippen LogP contribution in [-0.2, 0) is 6.42 Å². The highest BCUT2D eigenvalue weighted by atomic mass is 35.5. The van der Waals surface area contributed by atoms with Gasteiger partial charge in [-0.15, -0.1) is 0 Å². The summed E-state index contributed by atoms with van der Waals surface area (Å²) in [4.78, 5) is 4.11. The monoisotopic (exact) mass is 230 g/mol. The Morgan fingerprint density at radius 2 is 2.33 bits per heavy atom. The first kappa shape index (κ1) is 12.2.